The maximum Gasteiger partial charge on any atom is 0.409 e. The van der Waals surface area contributed by atoms with Gasteiger partial charge >= 0.3 is 6.09 Å². The maximum absolute atomic E-state index is 12.3. The first-order valence-electron chi connectivity index (χ1n) is 12.8. The van der Waals surface area contributed by atoms with Crippen molar-refractivity contribution in [1.29, 1.82) is 0 Å². The van der Waals surface area contributed by atoms with Crippen LogP contribution in [0.3, 0.4) is 0 Å². The maximum atomic E-state index is 12.3. The van der Waals surface area contributed by atoms with E-state index in [0.29, 0.717) is 12.5 Å². The number of anilines is 2. The van der Waals surface area contributed by atoms with Crippen molar-refractivity contribution in [3.05, 3.63) is 78.2 Å². The van der Waals surface area contributed by atoms with Gasteiger partial charge in [-0.05, 0) is 55.9 Å². The molecular formula is C29H33N5O2. The number of aromatic nitrogens is 3. The number of carbonyl (C=O) groups excluding carboxylic acids is 1. The van der Waals surface area contributed by atoms with Gasteiger partial charge < -0.3 is 15.0 Å². The first-order chi connectivity index (χ1) is 17.6. The highest BCUT2D eigenvalue weighted by Gasteiger charge is 2.25. The number of benzene rings is 2. The van der Waals surface area contributed by atoms with Gasteiger partial charge in [0.2, 0.25) is 0 Å². The molecule has 0 spiro atoms. The van der Waals surface area contributed by atoms with Gasteiger partial charge in [0.05, 0.1) is 18.5 Å². The highest BCUT2D eigenvalue weighted by atomic mass is 16.6. The zero-order valence-electron chi connectivity index (χ0n) is 21.0. The van der Waals surface area contributed by atoms with Gasteiger partial charge in [-0.2, -0.15) is 0 Å². The van der Waals surface area contributed by atoms with Crippen molar-refractivity contribution in [1.82, 2.24) is 19.3 Å². The van der Waals surface area contributed by atoms with Crippen LogP contribution in [-0.2, 0) is 4.74 Å². The highest BCUT2D eigenvalue weighted by Crippen LogP contribution is 2.31. The molecule has 5 rings (SSSR count). The van der Waals surface area contributed by atoms with Gasteiger partial charge in [-0.3, -0.25) is 4.40 Å². The van der Waals surface area contributed by atoms with E-state index in [1.807, 2.05) is 17.3 Å². The van der Waals surface area contributed by atoms with E-state index in [2.05, 4.69) is 77.1 Å². The third-order valence-electron chi connectivity index (χ3n) is 6.84. The molecule has 1 N–H and O–H groups in total. The number of imidazole rings is 1. The van der Waals surface area contributed by atoms with Gasteiger partial charge in [0.15, 0.2) is 11.5 Å². The van der Waals surface area contributed by atoms with Crippen LogP contribution in [0, 0.1) is 6.92 Å². The first kappa shape index (κ1) is 23.9. The monoisotopic (exact) mass is 483 g/mol. The Morgan fingerprint density at radius 1 is 1.11 bits per heavy atom. The minimum absolute atomic E-state index is 0.179. The standard InChI is InChI=1S/C29H33N5O2/c1-3-4-17-36-29(35)33-14-11-22(12-15-33)23-8-6-10-25(19-23)32-27-28-30-13-16-34(28)26(20-31-27)24-9-5-7-21(2)18-24/h5-10,13,16,18-20,22H,3-4,11-12,14-15,17H2,1-2H3,(H,31,32). The SMILES string of the molecule is CCCCOC(=O)N1CCC(c2cccc(Nc3ncc(-c4cccc(C)c4)n4ccnc34)c2)CC1. The average molecular weight is 484 g/mol. The second kappa shape index (κ2) is 10.8. The molecule has 1 amide bonds. The number of aryl methyl sites for hydroxylation is 1. The Morgan fingerprint density at radius 3 is 2.75 bits per heavy atom. The molecule has 3 heterocycles. The lowest BCUT2D eigenvalue weighted by molar-refractivity contribution is 0.0916. The van der Waals surface area contributed by atoms with E-state index in [9.17, 15) is 4.79 Å². The van der Waals surface area contributed by atoms with E-state index in [0.717, 1.165) is 67.2 Å². The molecule has 1 aliphatic rings. The van der Waals surface area contributed by atoms with Gasteiger partial charge in [0.25, 0.3) is 0 Å². The van der Waals surface area contributed by atoms with Crippen molar-refractivity contribution < 1.29 is 9.53 Å². The third-order valence-corrected chi connectivity index (χ3v) is 6.84. The summed E-state index contributed by atoms with van der Waals surface area (Å²) in [5.74, 6) is 1.13. The largest absolute Gasteiger partial charge is 0.449 e. The van der Waals surface area contributed by atoms with Crippen molar-refractivity contribution in [2.45, 2.75) is 45.4 Å². The van der Waals surface area contributed by atoms with Crippen LogP contribution in [0.15, 0.2) is 67.1 Å². The molecule has 186 valence electrons. The number of piperidine rings is 1. The number of rotatable bonds is 7. The number of fused-ring (bicyclic) bond motifs is 1. The van der Waals surface area contributed by atoms with Crippen LogP contribution in [0.2, 0.25) is 0 Å². The summed E-state index contributed by atoms with van der Waals surface area (Å²) in [6, 6.07) is 16.9. The molecule has 0 atom stereocenters. The molecule has 2 aromatic heterocycles. The van der Waals surface area contributed by atoms with Crippen LogP contribution >= 0.6 is 0 Å². The highest BCUT2D eigenvalue weighted by molar-refractivity contribution is 5.74. The summed E-state index contributed by atoms with van der Waals surface area (Å²) < 4.78 is 7.45. The van der Waals surface area contributed by atoms with Gasteiger partial charge in [0, 0.05) is 36.7 Å². The van der Waals surface area contributed by atoms with Crippen molar-refractivity contribution in [3.8, 4) is 11.3 Å². The van der Waals surface area contributed by atoms with Crippen LogP contribution in [-0.4, -0.2) is 45.1 Å². The molecule has 0 saturated carbocycles. The Balaban J connectivity index is 1.29. The fraction of sp³-hybridized carbons (Fsp3) is 0.345. The zero-order valence-corrected chi connectivity index (χ0v) is 21.0. The number of likely N-dealkylation sites (tertiary alicyclic amines) is 1. The number of amides is 1. The number of unbranched alkanes of at least 4 members (excludes halogenated alkanes) is 1. The molecule has 2 aromatic carbocycles. The second-order valence-electron chi connectivity index (χ2n) is 9.46. The topological polar surface area (TPSA) is 71.8 Å². The summed E-state index contributed by atoms with van der Waals surface area (Å²) in [6.45, 7) is 6.14. The number of nitrogens with zero attached hydrogens (tertiary/aromatic N) is 4. The number of hydrogen-bond donors (Lipinski definition) is 1. The second-order valence-corrected chi connectivity index (χ2v) is 9.46. The number of hydrogen-bond acceptors (Lipinski definition) is 5. The van der Waals surface area contributed by atoms with Crippen LogP contribution in [0.4, 0.5) is 16.3 Å². The molecule has 36 heavy (non-hydrogen) atoms. The Morgan fingerprint density at radius 2 is 1.94 bits per heavy atom. The molecule has 1 saturated heterocycles. The zero-order chi connectivity index (χ0) is 24.9. The van der Waals surface area contributed by atoms with Gasteiger partial charge in [-0.15, -0.1) is 0 Å². The predicted molar refractivity (Wildman–Crippen MR) is 143 cm³/mol. The summed E-state index contributed by atoms with van der Waals surface area (Å²) in [7, 11) is 0. The summed E-state index contributed by atoms with van der Waals surface area (Å²) in [4.78, 5) is 23.4. The quantitative estimate of drug-likeness (QED) is 0.301. The van der Waals surface area contributed by atoms with Gasteiger partial charge in [0.1, 0.15) is 0 Å². The van der Waals surface area contributed by atoms with Crippen LogP contribution in [0.25, 0.3) is 16.9 Å². The fourth-order valence-corrected chi connectivity index (χ4v) is 4.82. The lowest BCUT2D eigenvalue weighted by Gasteiger charge is -2.31. The van der Waals surface area contributed by atoms with Crippen LogP contribution < -0.4 is 5.32 Å². The normalized spacial score (nSPS) is 14.2. The van der Waals surface area contributed by atoms with Crippen molar-refractivity contribution in [3.63, 3.8) is 0 Å². The molecular weight excluding hydrogens is 450 g/mol. The number of ether oxygens (including phenoxy) is 1. The van der Waals surface area contributed by atoms with E-state index in [1.54, 1.807) is 6.20 Å². The molecule has 0 radical (unpaired) electrons. The Hall–Kier alpha value is -3.87. The molecule has 1 aliphatic heterocycles. The average Bonchev–Trinajstić information content (AvgIpc) is 3.40. The summed E-state index contributed by atoms with van der Waals surface area (Å²) in [5.41, 5.74) is 6.36. The van der Waals surface area contributed by atoms with E-state index in [4.69, 9.17) is 9.72 Å². The van der Waals surface area contributed by atoms with Gasteiger partial charge in [-0.25, -0.2) is 14.8 Å². The predicted octanol–water partition coefficient (Wildman–Crippen LogP) is 6.56. The van der Waals surface area contributed by atoms with Crippen LogP contribution in [0.1, 0.15) is 49.7 Å². The van der Waals surface area contributed by atoms with E-state index >= 15 is 0 Å². The Bertz CT molecular complexity index is 1340. The first-order valence-corrected chi connectivity index (χ1v) is 12.8. The molecule has 7 nitrogen and oxygen atoms in total. The van der Waals surface area contributed by atoms with Crippen molar-refractivity contribution in [2.24, 2.45) is 0 Å². The molecule has 1 fully saturated rings. The minimum atomic E-state index is -0.179. The van der Waals surface area contributed by atoms with Gasteiger partial charge in [-0.1, -0.05) is 49.2 Å². The summed E-state index contributed by atoms with van der Waals surface area (Å²) >= 11 is 0. The Labute approximate surface area is 212 Å². The Kier molecular flexibility index (Phi) is 7.16. The van der Waals surface area contributed by atoms with E-state index in [-0.39, 0.29) is 6.09 Å². The summed E-state index contributed by atoms with van der Waals surface area (Å²) in [6.07, 6.45) is 9.29. The van der Waals surface area contributed by atoms with Crippen LogP contribution in [0.5, 0.6) is 0 Å². The third kappa shape index (κ3) is 5.20. The minimum Gasteiger partial charge on any atom is -0.449 e. The molecule has 0 aliphatic carbocycles. The molecule has 0 unspecified atom stereocenters. The van der Waals surface area contributed by atoms with E-state index < -0.39 is 0 Å². The van der Waals surface area contributed by atoms with Crippen molar-refractivity contribution >= 4 is 23.2 Å². The molecule has 0 bridgehead atoms. The smallest absolute Gasteiger partial charge is 0.409 e. The number of nitrogens with one attached hydrogen (secondary N) is 1. The van der Waals surface area contributed by atoms with E-state index in [1.165, 1.54) is 11.1 Å². The molecule has 4 aromatic rings. The number of carbonyl (C=O) groups is 1. The molecule has 7 heteroatoms. The summed E-state index contributed by atoms with van der Waals surface area (Å²) in [5, 5.41) is 3.48. The fourth-order valence-electron chi connectivity index (χ4n) is 4.82. The van der Waals surface area contributed by atoms with Crippen molar-refractivity contribution in [2.75, 3.05) is 25.0 Å². The lowest BCUT2D eigenvalue weighted by Crippen LogP contribution is -2.38. The lowest BCUT2D eigenvalue weighted by atomic mass is 9.89.